The molecule has 2 amide bonds. The van der Waals surface area contributed by atoms with Crippen molar-refractivity contribution in [3.8, 4) is 67.0 Å². The molecule has 0 radical (unpaired) electrons. The third-order valence-electron chi connectivity index (χ3n) is 24.9. The molecule has 0 unspecified atom stereocenters. The largest absolute Gasteiger partial charge is 0.444 e. The molecule has 2 spiro atoms. The molecule has 6 aromatic carbocycles. The highest BCUT2D eigenvalue weighted by Crippen LogP contribution is 2.61. The maximum absolute atomic E-state index is 16.8. The summed E-state index contributed by atoms with van der Waals surface area (Å²) >= 11 is 0. The molecule has 4 bridgehead atoms. The number of hydrogen-bond acceptors (Lipinski definition) is 12. The summed E-state index contributed by atoms with van der Waals surface area (Å²) in [5, 5.41) is 7.36. The number of carbonyl (C=O) groups is 4. The molecule has 8 fully saturated rings. The van der Waals surface area contributed by atoms with Crippen LogP contribution in [0, 0.1) is 22.7 Å². The van der Waals surface area contributed by atoms with Crippen molar-refractivity contribution in [2.75, 3.05) is 13.1 Å². The van der Waals surface area contributed by atoms with Crippen molar-refractivity contribution in [2.24, 2.45) is 27.7 Å². The van der Waals surface area contributed by atoms with Gasteiger partial charge in [-0.05, 0) is 240 Å². The second-order valence-electron chi connectivity index (χ2n) is 34.3. The number of hydrogen-bond donors (Lipinski definition) is 3. The molecule has 3 aromatic heterocycles. The van der Waals surface area contributed by atoms with Gasteiger partial charge in [0.05, 0.1) is 58.6 Å². The van der Waals surface area contributed by atoms with Crippen LogP contribution in [0.5, 0.6) is 0 Å². The Labute approximate surface area is 612 Å². The number of aromatic amines is 1. The summed E-state index contributed by atoms with van der Waals surface area (Å²) < 4.78 is 80.5. The number of ether oxygens (including phenoxy) is 2. The highest BCUT2D eigenvalue weighted by Gasteiger charge is 2.57. The van der Waals surface area contributed by atoms with Crippen LogP contribution < -0.4 is 10.6 Å². The molecule has 17 nitrogen and oxygen atoms in total. The Kier molecular flexibility index (Phi) is 14.8. The number of halogens is 4. The molecule has 11 aliphatic rings. The fourth-order valence-corrected chi connectivity index (χ4v) is 19.4. The number of imidazole rings is 3. The smallest absolute Gasteiger partial charge is 0.411 e. The number of fused-ring (bicyclic) bond motifs is 12. The number of nitrogens with one attached hydrogen (secondary N) is 3. The first-order valence-electron chi connectivity index (χ1n) is 37.8. The third kappa shape index (κ3) is 11.0. The molecular formula is C85H85F4N11O6. The molecule has 21 heteroatoms. The van der Waals surface area contributed by atoms with E-state index in [9.17, 15) is 19.2 Å². The number of likely N-dealkylation sites (tertiary alicyclic amines) is 2. The van der Waals surface area contributed by atoms with Gasteiger partial charge in [0, 0.05) is 90.6 Å². The van der Waals surface area contributed by atoms with Gasteiger partial charge in [0.2, 0.25) is 11.8 Å². The standard InChI is InChI=1S/C49H52F2N6O6.C36H33F2N5/c1-26(58)55-38-22-29(12-16-37(38)53-43(55)41-31-9-13-32(19-31)57(41)45(61)63-47(6,7)8)28-10-14-33-34-15-11-30(21-36(34)49(50,51)35(33)20-28)40-24-52-42(56(40)27(2)59)39-23-48(17-18-48)25-54(39)44(60)62-46(3,4)5;37-36(38)27-13-20(19-4-8-29-23(11-19)15-30(42-29)33-22-1-5-24(12-22)41-33)2-6-25(27)26-7-3-21(14-28(26)36)32-17-39-34(43-32)31-16-35(9-10-35)18-40-31/h10-12,14-16,20-22,24,31-32,39,41H,9,13,17-19,23,25H2,1-8H3;2-4,6-8,11,13-14,17,22,24,31,33,40-41H,1,5,9-10,12,15-16,18H2,(H,39,43)/t31-,32+,39-,41-;22-,24+,31-,33-/m00/s1. The van der Waals surface area contributed by atoms with Gasteiger partial charge in [-0.2, -0.15) is 17.6 Å². The molecular weight excluding hydrogens is 1350 g/mol. The molecule has 544 valence electrons. The van der Waals surface area contributed by atoms with E-state index >= 15 is 17.6 Å². The Morgan fingerprint density at radius 1 is 0.585 bits per heavy atom. The molecule has 8 atom stereocenters. The minimum atomic E-state index is -3.39. The second kappa shape index (κ2) is 23.5. The van der Waals surface area contributed by atoms with Crippen molar-refractivity contribution in [1.82, 2.24) is 49.5 Å². The number of rotatable bonds is 8. The Balaban J connectivity index is 0.000000155. The second-order valence-corrected chi connectivity index (χ2v) is 34.3. The van der Waals surface area contributed by atoms with Crippen molar-refractivity contribution in [3.05, 3.63) is 167 Å². The van der Waals surface area contributed by atoms with Crippen molar-refractivity contribution in [1.29, 1.82) is 0 Å². The molecule has 3 N–H and O–H groups in total. The van der Waals surface area contributed by atoms with Crippen LogP contribution in [-0.4, -0.2) is 111 Å². The van der Waals surface area contributed by atoms with Crippen LogP contribution in [0.2, 0.25) is 0 Å². The fourth-order valence-electron chi connectivity index (χ4n) is 19.4. The van der Waals surface area contributed by atoms with E-state index in [4.69, 9.17) is 19.5 Å². The molecule has 20 rings (SSSR count). The highest BCUT2D eigenvalue weighted by atomic mass is 19.3. The monoisotopic (exact) mass is 1430 g/mol. The zero-order valence-corrected chi connectivity index (χ0v) is 60.8. The topological polar surface area (TPSA) is 194 Å². The van der Waals surface area contributed by atoms with Crippen LogP contribution in [-0.2, 0) is 27.7 Å². The summed E-state index contributed by atoms with van der Waals surface area (Å²) in [5.74, 6) is -4.48. The van der Waals surface area contributed by atoms with Crippen LogP contribution in [0.1, 0.15) is 205 Å². The lowest BCUT2D eigenvalue weighted by Gasteiger charge is -2.36. The van der Waals surface area contributed by atoms with Gasteiger partial charge in [-0.3, -0.25) is 33.5 Å². The highest BCUT2D eigenvalue weighted by molar-refractivity contribution is 5.99. The summed E-state index contributed by atoms with van der Waals surface area (Å²) in [5.41, 5.74) is 10.6. The molecule has 5 aliphatic heterocycles. The lowest BCUT2D eigenvalue weighted by atomic mass is 9.92. The van der Waals surface area contributed by atoms with Gasteiger partial charge >= 0.3 is 12.2 Å². The number of alkyl halides is 4. The van der Waals surface area contributed by atoms with Gasteiger partial charge in [-0.1, -0.05) is 60.7 Å². The lowest BCUT2D eigenvalue weighted by Crippen LogP contribution is -2.44. The molecule has 4 saturated carbocycles. The van der Waals surface area contributed by atoms with Crippen LogP contribution in [0.15, 0.2) is 127 Å². The SMILES string of the molecule is CC(=O)n1c(-c2ccc3c(c2)C(F)(F)c2cc(-c4ccc5nc([C@@H]6[C@H]7CC[C@H](C7)N6C(=O)OC(C)(C)C)n(C(C)=O)c5c4)ccc2-3)cnc1[C@@H]1CC2(CC2)CN1C(=O)OC(C)(C)C.FC1(F)c2cc(-c3ccc4c(c3)CC([C@H]3N[C@@H]5CC[C@H]3C5)=N4)ccc2-c2ccc(-c3cnc([C@@H]4CC5(CC5)CN4)[nH]3)cc21. The Morgan fingerprint density at radius 3 is 1.78 bits per heavy atom. The number of aromatic nitrogens is 6. The zero-order chi connectivity index (χ0) is 73.2. The van der Waals surface area contributed by atoms with E-state index in [2.05, 4.69) is 37.7 Å². The number of amides is 2. The predicted octanol–water partition coefficient (Wildman–Crippen LogP) is 18.4. The number of H-pyrrole nitrogens is 1. The van der Waals surface area contributed by atoms with Gasteiger partial charge in [-0.25, -0.2) is 24.5 Å². The van der Waals surface area contributed by atoms with Crippen molar-refractivity contribution in [3.63, 3.8) is 0 Å². The maximum Gasteiger partial charge on any atom is 0.411 e. The number of carbonyl (C=O) groups excluding carboxylic acids is 4. The number of aliphatic imine (C=N–C) groups is 1. The molecule has 9 aromatic rings. The van der Waals surface area contributed by atoms with Crippen molar-refractivity contribution in [2.45, 2.75) is 198 Å². The number of nitrogens with zero attached hydrogens (tertiary/aromatic N) is 8. The summed E-state index contributed by atoms with van der Waals surface area (Å²) in [4.78, 5) is 79.9. The van der Waals surface area contributed by atoms with E-state index in [0.717, 1.165) is 85.4 Å². The van der Waals surface area contributed by atoms with Crippen LogP contribution in [0.3, 0.4) is 0 Å². The van der Waals surface area contributed by atoms with E-state index in [1.807, 2.05) is 77.9 Å². The minimum absolute atomic E-state index is 0.00347. The van der Waals surface area contributed by atoms with Crippen molar-refractivity contribution < 1.29 is 46.2 Å². The first-order valence-corrected chi connectivity index (χ1v) is 37.8. The first-order chi connectivity index (χ1) is 50.5. The predicted molar refractivity (Wildman–Crippen MR) is 395 cm³/mol. The average Bonchev–Trinajstić information content (AvgIpc) is 1.58. The summed E-state index contributed by atoms with van der Waals surface area (Å²) in [6.45, 7) is 15.3. The average molecular weight is 1430 g/mol. The third-order valence-corrected chi connectivity index (χ3v) is 24.9. The molecule has 8 heterocycles. The van der Waals surface area contributed by atoms with Gasteiger partial charge < -0.3 is 25.1 Å². The molecule has 4 saturated heterocycles. The summed E-state index contributed by atoms with van der Waals surface area (Å²) in [6.07, 6.45) is 15.9. The molecule has 106 heavy (non-hydrogen) atoms. The number of piperidine rings is 2. The van der Waals surface area contributed by atoms with Gasteiger partial charge in [0.1, 0.15) is 28.7 Å². The van der Waals surface area contributed by atoms with E-state index in [1.54, 1.807) is 69.1 Å². The number of benzene rings is 6. The fraction of sp³-hybridized carbons (Fsp3) is 0.435. The van der Waals surface area contributed by atoms with Crippen molar-refractivity contribution >= 4 is 46.4 Å². The Hall–Kier alpha value is -9.60. The summed E-state index contributed by atoms with van der Waals surface area (Å²) in [6, 6.07) is 32.7. The van der Waals surface area contributed by atoms with Crippen LogP contribution >= 0.6 is 0 Å². The van der Waals surface area contributed by atoms with Crippen LogP contribution in [0.25, 0.3) is 78.1 Å². The van der Waals surface area contributed by atoms with Crippen LogP contribution in [0.4, 0.5) is 32.8 Å². The van der Waals surface area contributed by atoms with E-state index in [-0.39, 0.29) is 57.5 Å². The van der Waals surface area contributed by atoms with Gasteiger partial charge in [0.15, 0.2) is 0 Å². The summed E-state index contributed by atoms with van der Waals surface area (Å²) in [7, 11) is 0. The Morgan fingerprint density at radius 2 is 1.17 bits per heavy atom. The normalized spacial score (nSPS) is 25.0. The maximum atomic E-state index is 16.8. The first kappa shape index (κ1) is 67.0. The van der Waals surface area contributed by atoms with Gasteiger partial charge in [-0.15, -0.1) is 0 Å². The quantitative estimate of drug-likeness (QED) is 0.123. The van der Waals surface area contributed by atoms with Gasteiger partial charge in [0.25, 0.3) is 11.8 Å². The lowest BCUT2D eigenvalue weighted by molar-refractivity contribution is 0.00562. The van der Waals surface area contributed by atoms with E-state index in [0.29, 0.717) is 104 Å². The Bertz CT molecular complexity index is 5300. The molecule has 6 aliphatic carbocycles. The van der Waals surface area contributed by atoms with E-state index in [1.165, 1.54) is 80.1 Å². The minimum Gasteiger partial charge on any atom is -0.444 e. The van der Waals surface area contributed by atoms with E-state index < -0.39 is 47.3 Å². The zero-order valence-electron chi connectivity index (χ0n) is 60.8.